The number of carbonyl (C=O) groups is 2. The van der Waals surface area contributed by atoms with Crippen LogP contribution < -0.4 is 0 Å². The van der Waals surface area contributed by atoms with Crippen LogP contribution in [0.15, 0.2) is 42.5 Å². The molecule has 1 N–H and O–H groups in total. The van der Waals surface area contributed by atoms with E-state index in [0.29, 0.717) is 19.0 Å². The lowest BCUT2D eigenvalue weighted by Gasteiger charge is -2.29. The number of amides is 1. The molecule has 1 amide bonds. The maximum absolute atomic E-state index is 12.8. The van der Waals surface area contributed by atoms with Gasteiger partial charge in [-0.1, -0.05) is 38.1 Å². The van der Waals surface area contributed by atoms with E-state index in [2.05, 4.69) is 26.0 Å². The van der Waals surface area contributed by atoms with E-state index in [4.69, 9.17) is 5.11 Å². The lowest BCUT2D eigenvalue weighted by Crippen LogP contribution is -2.37. The van der Waals surface area contributed by atoms with Gasteiger partial charge in [-0.25, -0.2) is 4.79 Å². The smallest absolute Gasteiger partial charge is 0.335 e. The third kappa shape index (κ3) is 3.18. The molecule has 124 valence electrons. The molecule has 0 radical (unpaired) electrons. The lowest BCUT2D eigenvalue weighted by molar-refractivity contribution is 0.0696. The number of hydrogen-bond acceptors (Lipinski definition) is 2. The zero-order valence-electron chi connectivity index (χ0n) is 14.0. The zero-order chi connectivity index (χ0) is 17.3. The minimum Gasteiger partial charge on any atom is -0.478 e. The number of rotatable bonds is 4. The van der Waals surface area contributed by atoms with Crippen molar-refractivity contribution < 1.29 is 14.7 Å². The number of nitrogens with zero attached hydrogens (tertiary/aromatic N) is 1. The van der Waals surface area contributed by atoms with Crippen LogP contribution in [-0.2, 0) is 13.0 Å². The van der Waals surface area contributed by atoms with Crippen LogP contribution in [0.5, 0.6) is 0 Å². The lowest BCUT2D eigenvalue weighted by atomic mass is 9.92. The Labute approximate surface area is 141 Å². The van der Waals surface area contributed by atoms with Gasteiger partial charge in [0.05, 0.1) is 5.56 Å². The fourth-order valence-corrected chi connectivity index (χ4v) is 3.07. The number of benzene rings is 2. The topological polar surface area (TPSA) is 57.6 Å². The molecule has 0 bridgehead atoms. The molecule has 0 atom stereocenters. The third-order valence-electron chi connectivity index (χ3n) is 4.52. The van der Waals surface area contributed by atoms with E-state index in [1.165, 1.54) is 0 Å². The molecule has 2 aromatic carbocycles. The summed E-state index contributed by atoms with van der Waals surface area (Å²) in [6.45, 7) is 5.32. The molecular weight excluding hydrogens is 302 g/mol. The standard InChI is InChI=1S/C20H21NO3/c1-13(2)16-7-6-15-8-9-21(19(22)18(15)11-16)12-14-4-3-5-17(10-14)20(23)24/h3-7,10-11,13H,8-9,12H2,1-2H3,(H,23,24). The van der Waals surface area contributed by atoms with Gasteiger partial charge in [-0.3, -0.25) is 4.79 Å². The normalized spacial score (nSPS) is 14.0. The molecule has 4 heteroatoms. The predicted octanol–water partition coefficient (Wildman–Crippen LogP) is 3.71. The van der Waals surface area contributed by atoms with E-state index in [-0.39, 0.29) is 11.5 Å². The molecule has 3 rings (SSSR count). The SMILES string of the molecule is CC(C)c1ccc2c(c1)C(=O)N(Cc1cccc(C(=O)O)c1)CC2. The van der Waals surface area contributed by atoms with Crippen LogP contribution in [0, 0.1) is 0 Å². The molecule has 4 nitrogen and oxygen atoms in total. The number of hydrogen-bond donors (Lipinski definition) is 1. The summed E-state index contributed by atoms with van der Waals surface area (Å²) in [6.07, 6.45) is 0.831. The van der Waals surface area contributed by atoms with Crippen molar-refractivity contribution in [3.8, 4) is 0 Å². The van der Waals surface area contributed by atoms with Gasteiger partial charge in [-0.15, -0.1) is 0 Å². The molecule has 2 aromatic rings. The van der Waals surface area contributed by atoms with E-state index >= 15 is 0 Å². The summed E-state index contributed by atoms with van der Waals surface area (Å²) < 4.78 is 0. The van der Waals surface area contributed by atoms with Crippen molar-refractivity contribution in [3.63, 3.8) is 0 Å². The van der Waals surface area contributed by atoms with Gasteiger partial charge in [0, 0.05) is 18.7 Å². The van der Waals surface area contributed by atoms with Crippen molar-refractivity contribution in [2.75, 3.05) is 6.54 Å². The fourth-order valence-electron chi connectivity index (χ4n) is 3.07. The molecule has 1 heterocycles. The second kappa shape index (κ2) is 6.48. The Bertz CT molecular complexity index is 795. The van der Waals surface area contributed by atoms with Gasteiger partial charge in [0.1, 0.15) is 0 Å². The minimum atomic E-state index is -0.950. The minimum absolute atomic E-state index is 0.0273. The van der Waals surface area contributed by atoms with Crippen LogP contribution in [0.25, 0.3) is 0 Å². The first-order valence-corrected chi connectivity index (χ1v) is 8.20. The van der Waals surface area contributed by atoms with Crippen LogP contribution in [0.3, 0.4) is 0 Å². The molecule has 0 spiro atoms. The van der Waals surface area contributed by atoms with E-state index in [1.54, 1.807) is 23.1 Å². The quantitative estimate of drug-likeness (QED) is 0.933. The Balaban J connectivity index is 1.84. The number of carboxylic acid groups (broad SMARTS) is 1. The maximum Gasteiger partial charge on any atom is 0.335 e. The number of fused-ring (bicyclic) bond motifs is 1. The van der Waals surface area contributed by atoms with Gasteiger partial charge in [-0.2, -0.15) is 0 Å². The van der Waals surface area contributed by atoms with Crippen molar-refractivity contribution in [3.05, 3.63) is 70.3 Å². The van der Waals surface area contributed by atoms with Crippen LogP contribution in [0.1, 0.15) is 57.2 Å². The summed E-state index contributed by atoms with van der Waals surface area (Å²) in [5, 5.41) is 9.10. The Hall–Kier alpha value is -2.62. The molecule has 0 aliphatic carbocycles. The van der Waals surface area contributed by atoms with Gasteiger partial charge in [0.25, 0.3) is 5.91 Å². The highest BCUT2D eigenvalue weighted by Gasteiger charge is 2.25. The van der Waals surface area contributed by atoms with Crippen molar-refractivity contribution in [2.45, 2.75) is 32.7 Å². The van der Waals surface area contributed by atoms with Crippen molar-refractivity contribution in [2.24, 2.45) is 0 Å². The number of carboxylic acids is 1. The summed E-state index contributed by atoms with van der Waals surface area (Å²) in [4.78, 5) is 25.7. The molecule has 0 aromatic heterocycles. The van der Waals surface area contributed by atoms with Crippen LogP contribution >= 0.6 is 0 Å². The molecule has 0 unspecified atom stereocenters. The first kappa shape index (κ1) is 16.2. The average Bonchev–Trinajstić information content (AvgIpc) is 2.57. The van der Waals surface area contributed by atoms with Crippen molar-refractivity contribution in [1.29, 1.82) is 0 Å². The van der Waals surface area contributed by atoms with Crippen LogP contribution in [0.4, 0.5) is 0 Å². The van der Waals surface area contributed by atoms with Crippen LogP contribution in [0.2, 0.25) is 0 Å². The first-order valence-electron chi connectivity index (χ1n) is 8.20. The fraction of sp³-hybridized carbons (Fsp3) is 0.300. The molecule has 0 saturated carbocycles. The summed E-state index contributed by atoms with van der Waals surface area (Å²) in [5.41, 5.74) is 4.13. The number of carbonyl (C=O) groups excluding carboxylic acids is 1. The highest BCUT2D eigenvalue weighted by Crippen LogP contribution is 2.25. The third-order valence-corrected chi connectivity index (χ3v) is 4.52. The van der Waals surface area contributed by atoms with E-state index in [0.717, 1.165) is 28.7 Å². The summed E-state index contributed by atoms with van der Waals surface area (Å²) in [7, 11) is 0. The molecule has 0 saturated heterocycles. The van der Waals surface area contributed by atoms with Gasteiger partial charge in [0.2, 0.25) is 0 Å². The van der Waals surface area contributed by atoms with Gasteiger partial charge in [-0.05, 0) is 47.2 Å². The second-order valence-electron chi connectivity index (χ2n) is 6.55. The molecular formula is C20H21NO3. The van der Waals surface area contributed by atoms with Crippen molar-refractivity contribution >= 4 is 11.9 Å². The molecule has 24 heavy (non-hydrogen) atoms. The van der Waals surface area contributed by atoms with E-state index in [1.807, 2.05) is 12.1 Å². The Morgan fingerprint density at radius 1 is 1.21 bits per heavy atom. The van der Waals surface area contributed by atoms with Crippen LogP contribution in [-0.4, -0.2) is 28.4 Å². The molecule has 1 aliphatic rings. The maximum atomic E-state index is 12.8. The Morgan fingerprint density at radius 2 is 2.00 bits per heavy atom. The predicted molar refractivity (Wildman–Crippen MR) is 92.4 cm³/mol. The van der Waals surface area contributed by atoms with Crippen molar-refractivity contribution in [1.82, 2.24) is 4.90 Å². The van der Waals surface area contributed by atoms with Gasteiger partial charge < -0.3 is 10.0 Å². The van der Waals surface area contributed by atoms with Gasteiger partial charge >= 0.3 is 5.97 Å². The second-order valence-corrected chi connectivity index (χ2v) is 6.55. The highest BCUT2D eigenvalue weighted by molar-refractivity contribution is 5.97. The van der Waals surface area contributed by atoms with E-state index in [9.17, 15) is 9.59 Å². The summed E-state index contributed by atoms with van der Waals surface area (Å²) in [5.74, 6) is -0.543. The first-order chi connectivity index (χ1) is 11.5. The zero-order valence-corrected chi connectivity index (χ0v) is 14.0. The van der Waals surface area contributed by atoms with Gasteiger partial charge in [0.15, 0.2) is 0 Å². The molecule has 1 aliphatic heterocycles. The summed E-state index contributed by atoms with van der Waals surface area (Å²) >= 11 is 0. The largest absolute Gasteiger partial charge is 0.478 e. The highest BCUT2D eigenvalue weighted by atomic mass is 16.4. The number of aromatic carboxylic acids is 1. The molecule has 0 fully saturated rings. The van der Waals surface area contributed by atoms with E-state index < -0.39 is 5.97 Å². The Morgan fingerprint density at radius 3 is 2.71 bits per heavy atom. The monoisotopic (exact) mass is 323 g/mol. The average molecular weight is 323 g/mol. The summed E-state index contributed by atoms with van der Waals surface area (Å²) in [6, 6.07) is 12.9. The Kier molecular flexibility index (Phi) is 4.38.